The lowest BCUT2D eigenvalue weighted by atomic mass is 10.2. The van der Waals surface area contributed by atoms with E-state index in [4.69, 9.17) is 16.3 Å². The number of anilines is 1. The standard InChI is InChI=1S/C17H17ClF2N2O4S/c1-3-26-16-7-5-12(9-13(16)18)27(24,25)22-10(2)17(23)21-15-8-11(19)4-6-14(15)20/h4-10,22H,3H2,1-2H3,(H,21,23). The van der Waals surface area contributed by atoms with E-state index in [0.717, 1.165) is 18.2 Å². The number of carbonyl (C=O) groups is 1. The minimum absolute atomic E-state index is 0.0960. The van der Waals surface area contributed by atoms with Gasteiger partial charge < -0.3 is 10.1 Å². The summed E-state index contributed by atoms with van der Waals surface area (Å²) in [5.41, 5.74) is -0.393. The van der Waals surface area contributed by atoms with Gasteiger partial charge in [0.1, 0.15) is 17.4 Å². The molecule has 10 heteroatoms. The Hall–Kier alpha value is -2.23. The van der Waals surface area contributed by atoms with Crippen molar-refractivity contribution in [1.82, 2.24) is 4.72 Å². The van der Waals surface area contributed by atoms with Crippen LogP contribution in [0.15, 0.2) is 41.3 Å². The Kier molecular flexibility index (Phi) is 6.74. The van der Waals surface area contributed by atoms with Crippen LogP contribution in [-0.4, -0.2) is 27.0 Å². The number of nitrogens with one attached hydrogen (secondary N) is 2. The third kappa shape index (κ3) is 5.38. The van der Waals surface area contributed by atoms with E-state index >= 15 is 0 Å². The molecule has 0 aliphatic heterocycles. The fourth-order valence-corrected chi connectivity index (χ4v) is 3.64. The van der Waals surface area contributed by atoms with Crippen LogP contribution < -0.4 is 14.8 Å². The third-order valence-corrected chi connectivity index (χ3v) is 5.26. The lowest BCUT2D eigenvalue weighted by Crippen LogP contribution is -2.41. The molecule has 0 heterocycles. The monoisotopic (exact) mass is 418 g/mol. The van der Waals surface area contributed by atoms with E-state index in [1.165, 1.54) is 25.1 Å². The number of hydrogen-bond acceptors (Lipinski definition) is 4. The maximum atomic E-state index is 13.6. The molecule has 0 aliphatic rings. The van der Waals surface area contributed by atoms with Crippen molar-refractivity contribution < 1.29 is 26.7 Å². The summed E-state index contributed by atoms with van der Waals surface area (Å²) in [5, 5.41) is 2.23. The molecule has 1 unspecified atom stereocenters. The van der Waals surface area contributed by atoms with Gasteiger partial charge in [0.05, 0.1) is 28.3 Å². The second-order valence-corrected chi connectivity index (χ2v) is 7.60. The van der Waals surface area contributed by atoms with Crippen molar-refractivity contribution in [3.8, 4) is 5.75 Å². The van der Waals surface area contributed by atoms with Gasteiger partial charge in [-0.05, 0) is 44.2 Å². The van der Waals surface area contributed by atoms with E-state index in [1.54, 1.807) is 6.92 Å². The summed E-state index contributed by atoms with van der Waals surface area (Å²) in [7, 11) is -4.09. The molecule has 0 saturated carbocycles. The minimum atomic E-state index is -4.09. The van der Waals surface area contributed by atoms with Crippen LogP contribution in [0, 0.1) is 11.6 Å². The molecule has 1 atom stereocenters. The highest BCUT2D eigenvalue weighted by atomic mass is 35.5. The van der Waals surface area contributed by atoms with Crippen molar-refractivity contribution in [2.45, 2.75) is 24.8 Å². The molecule has 0 aromatic heterocycles. The van der Waals surface area contributed by atoms with E-state index in [2.05, 4.69) is 10.0 Å². The zero-order valence-corrected chi connectivity index (χ0v) is 16.0. The van der Waals surface area contributed by atoms with E-state index in [1.807, 2.05) is 0 Å². The van der Waals surface area contributed by atoms with E-state index in [-0.39, 0.29) is 9.92 Å². The summed E-state index contributed by atoms with van der Waals surface area (Å²) in [6.07, 6.45) is 0. The van der Waals surface area contributed by atoms with Gasteiger partial charge in [-0.2, -0.15) is 4.72 Å². The molecule has 146 valence electrons. The van der Waals surface area contributed by atoms with Crippen LogP contribution in [0.25, 0.3) is 0 Å². The van der Waals surface area contributed by atoms with Crippen LogP contribution in [0.5, 0.6) is 5.75 Å². The lowest BCUT2D eigenvalue weighted by molar-refractivity contribution is -0.117. The lowest BCUT2D eigenvalue weighted by Gasteiger charge is -2.15. The molecule has 2 aromatic rings. The fourth-order valence-electron chi connectivity index (χ4n) is 2.11. The van der Waals surface area contributed by atoms with E-state index in [9.17, 15) is 22.0 Å². The number of ether oxygens (including phenoxy) is 1. The van der Waals surface area contributed by atoms with Crippen molar-refractivity contribution in [1.29, 1.82) is 0 Å². The Bertz CT molecular complexity index is 954. The molecule has 0 saturated heterocycles. The number of carbonyl (C=O) groups excluding carboxylic acids is 1. The van der Waals surface area contributed by atoms with Crippen molar-refractivity contribution in [3.05, 3.63) is 53.1 Å². The maximum Gasteiger partial charge on any atom is 0.242 e. The third-order valence-electron chi connectivity index (χ3n) is 3.42. The second-order valence-electron chi connectivity index (χ2n) is 5.48. The van der Waals surface area contributed by atoms with Gasteiger partial charge in [0, 0.05) is 6.07 Å². The molecule has 2 N–H and O–H groups in total. The molecule has 2 rings (SSSR count). The Labute approximate surface area is 160 Å². The van der Waals surface area contributed by atoms with Crippen LogP contribution in [0.3, 0.4) is 0 Å². The molecule has 0 fully saturated rings. The number of sulfonamides is 1. The Morgan fingerprint density at radius 1 is 1.22 bits per heavy atom. The van der Waals surface area contributed by atoms with Crippen LogP contribution >= 0.6 is 11.6 Å². The second kappa shape index (κ2) is 8.64. The summed E-state index contributed by atoms with van der Waals surface area (Å²) in [6, 6.07) is 5.13. The van der Waals surface area contributed by atoms with Gasteiger partial charge in [0.2, 0.25) is 15.9 Å². The van der Waals surface area contributed by atoms with Gasteiger partial charge in [0.15, 0.2) is 0 Å². The van der Waals surface area contributed by atoms with E-state index in [0.29, 0.717) is 12.4 Å². The summed E-state index contributed by atoms with van der Waals surface area (Å²) in [5.74, 6) is -2.13. The highest BCUT2D eigenvalue weighted by Gasteiger charge is 2.23. The molecule has 6 nitrogen and oxygen atoms in total. The quantitative estimate of drug-likeness (QED) is 0.722. The number of benzene rings is 2. The van der Waals surface area contributed by atoms with Gasteiger partial charge in [-0.1, -0.05) is 11.6 Å². The van der Waals surface area contributed by atoms with Gasteiger partial charge >= 0.3 is 0 Å². The number of halogens is 3. The van der Waals surface area contributed by atoms with Crippen molar-refractivity contribution in [3.63, 3.8) is 0 Å². The Balaban J connectivity index is 2.13. The van der Waals surface area contributed by atoms with Gasteiger partial charge in [-0.25, -0.2) is 17.2 Å². The SMILES string of the molecule is CCOc1ccc(S(=O)(=O)NC(C)C(=O)Nc2cc(F)ccc2F)cc1Cl. The topological polar surface area (TPSA) is 84.5 Å². The summed E-state index contributed by atoms with van der Waals surface area (Å²) in [4.78, 5) is 11.9. The molecule has 1 amide bonds. The van der Waals surface area contributed by atoms with Crippen LogP contribution in [-0.2, 0) is 14.8 Å². The van der Waals surface area contributed by atoms with E-state index < -0.39 is 39.3 Å². The van der Waals surface area contributed by atoms with Gasteiger partial charge in [-0.3, -0.25) is 4.79 Å². The predicted molar refractivity (Wildman–Crippen MR) is 97.4 cm³/mol. The molecule has 0 radical (unpaired) electrons. The molecule has 0 spiro atoms. The zero-order chi connectivity index (χ0) is 20.2. The van der Waals surface area contributed by atoms with Crippen molar-refractivity contribution >= 4 is 33.2 Å². The highest BCUT2D eigenvalue weighted by molar-refractivity contribution is 7.89. The zero-order valence-electron chi connectivity index (χ0n) is 14.4. The largest absolute Gasteiger partial charge is 0.492 e. The molecule has 0 bridgehead atoms. The smallest absolute Gasteiger partial charge is 0.242 e. The molecular formula is C17H17ClF2N2O4S. The summed E-state index contributed by atoms with van der Waals surface area (Å²) in [6.45, 7) is 3.38. The fraction of sp³-hybridized carbons (Fsp3) is 0.235. The van der Waals surface area contributed by atoms with Gasteiger partial charge in [-0.15, -0.1) is 0 Å². The van der Waals surface area contributed by atoms with Crippen molar-refractivity contribution in [2.75, 3.05) is 11.9 Å². The Morgan fingerprint density at radius 2 is 1.93 bits per heavy atom. The maximum absolute atomic E-state index is 13.6. The summed E-state index contributed by atoms with van der Waals surface area (Å²) >= 11 is 5.98. The molecule has 0 aliphatic carbocycles. The predicted octanol–water partition coefficient (Wildman–Crippen LogP) is 3.32. The number of rotatable bonds is 7. The molecule has 27 heavy (non-hydrogen) atoms. The molecule has 2 aromatic carbocycles. The van der Waals surface area contributed by atoms with Crippen LogP contribution in [0.2, 0.25) is 5.02 Å². The highest BCUT2D eigenvalue weighted by Crippen LogP contribution is 2.27. The summed E-state index contributed by atoms with van der Waals surface area (Å²) < 4.78 is 59.0. The first-order valence-electron chi connectivity index (χ1n) is 7.84. The first kappa shape index (κ1) is 21.1. The van der Waals surface area contributed by atoms with Crippen LogP contribution in [0.4, 0.5) is 14.5 Å². The van der Waals surface area contributed by atoms with Gasteiger partial charge in [0.25, 0.3) is 0 Å². The number of hydrogen-bond donors (Lipinski definition) is 2. The number of amides is 1. The average Bonchev–Trinajstić information content (AvgIpc) is 2.59. The molecular weight excluding hydrogens is 402 g/mol. The van der Waals surface area contributed by atoms with Crippen LogP contribution in [0.1, 0.15) is 13.8 Å². The first-order chi connectivity index (χ1) is 12.6. The Morgan fingerprint density at radius 3 is 2.56 bits per heavy atom. The average molecular weight is 419 g/mol. The normalized spacial score (nSPS) is 12.5. The first-order valence-corrected chi connectivity index (χ1v) is 9.70. The minimum Gasteiger partial charge on any atom is -0.492 e. The van der Waals surface area contributed by atoms with Crippen molar-refractivity contribution in [2.24, 2.45) is 0 Å².